The van der Waals surface area contributed by atoms with Crippen LogP contribution in [0.1, 0.15) is 25.5 Å². The van der Waals surface area contributed by atoms with Crippen molar-refractivity contribution in [2.24, 2.45) is 5.73 Å². The van der Waals surface area contributed by atoms with Crippen molar-refractivity contribution in [2.45, 2.75) is 19.9 Å². The van der Waals surface area contributed by atoms with Gasteiger partial charge in [0, 0.05) is 6.04 Å². The molecule has 0 aliphatic rings. The molecule has 1 atom stereocenters. The van der Waals surface area contributed by atoms with E-state index < -0.39 is 0 Å². The van der Waals surface area contributed by atoms with E-state index in [9.17, 15) is 0 Å². The molecular formula is C13H18ClNO2. The first kappa shape index (κ1) is 13.9. The van der Waals surface area contributed by atoms with Gasteiger partial charge in [-0.05, 0) is 31.5 Å². The quantitative estimate of drug-likeness (QED) is 0.840. The zero-order valence-corrected chi connectivity index (χ0v) is 11.3. The summed E-state index contributed by atoms with van der Waals surface area (Å²) < 4.78 is 10.4. The number of methoxy groups -OCH3 is 2. The number of rotatable bonds is 4. The fourth-order valence-corrected chi connectivity index (χ4v) is 1.88. The second kappa shape index (κ2) is 5.94. The molecule has 94 valence electrons. The van der Waals surface area contributed by atoms with Crippen molar-refractivity contribution in [3.8, 4) is 11.5 Å². The van der Waals surface area contributed by atoms with Gasteiger partial charge in [-0.15, -0.1) is 0 Å². The Kier molecular flexibility index (Phi) is 4.85. The van der Waals surface area contributed by atoms with E-state index in [1.54, 1.807) is 20.3 Å². The number of allylic oxidation sites excluding steroid dienone is 1. The highest BCUT2D eigenvalue weighted by Crippen LogP contribution is 2.37. The predicted molar refractivity (Wildman–Crippen MR) is 70.9 cm³/mol. The molecule has 0 heterocycles. The normalized spacial score (nSPS) is 11.9. The van der Waals surface area contributed by atoms with Crippen LogP contribution >= 0.6 is 11.6 Å². The van der Waals surface area contributed by atoms with Crippen LogP contribution in [-0.2, 0) is 0 Å². The summed E-state index contributed by atoms with van der Waals surface area (Å²) in [6.45, 7) is 4.00. The third-order valence-electron chi connectivity index (χ3n) is 2.35. The van der Waals surface area contributed by atoms with Crippen LogP contribution in [0.15, 0.2) is 23.8 Å². The summed E-state index contributed by atoms with van der Waals surface area (Å²) in [5.74, 6) is 1.12. The van der Waals surface area contributed by atoms with Crippen LogP contribution in [0.25, 0.3) is 0 Å². The third kappa shape index (κ3) is 3.38. The first-order chi connectivity index (χ1) is 7.99. The maximum Gasteiger partial charge on any atom is 0.179 e. The second-order valence-corrected chi connectivity index (χ2v) is 4.42. The Morgan fingerprint density at radius 2 is 1.94 bits per heavy atom. The summed E-state index contributed by atoms with van der Waals surface area (Å²) >= 11 is 6.11. The van der Waals surface area contributed by atoms with E-state index in [0.29, 0.717) is 16.5 Å². The summed E-state index contributed by atoms with van der Waals surface area (Å²) in [6, 6.07) is 3.44. The highest BCUT2D eigenvalue weighted by molar-refractivity contribution is 6.32. The maximum absolute atomic E-state index is 6.11. The van der Waals surface area contributed by atoms with Gasteiger partial charge >= 0.3 is 0 Å². The van der Waals surface area contributed by atoms with Crippen molar-refractivity contribution < 1.29 is 9.47 Å². The van der Waals surface area contributed by atoms with E-state index in [1.807, 2.05) is 26.0 Å². The van der Waals surface area contributed by atoms with Crippen molar-refractivity contribution in [1.29, 1.82) is 0 Å². The molecule has 3 nitrogen and oxygen atoms in total. The minimum absolute atomic E-state index is 0.197. The molecule has 0 spiro atoms. The van der Waals surface area contributed by atoms with Gasteiger partial charge in [-0.3, -0.25) is 0 Å². The van der Waals surface area contributed by atoms with Gasteiger partial charge in [0.05, 0.1) is 19.2 Å². The van der Waals surface area contributed by atoms with Gasteiger partial charge in [0.1, 0.15) is 0 Å². The first-order valence-electron chi connectivity index (χ1n) is 5.31. The van der Waals surface area contributed by atoms with Gasteiger partial charge in [-0.1, -0.05) is 23.3 Å². The molecule has 0 saturated carbocycles. The van der Waals surface area contributed by atoms with Gasteiger partial charge in [0.2, 0.25) is 0 Å². The van der Waals surface area contributed by atoms with Crippen LogP contribution in [0.4, 0.5) is 0 Å². The Bertz CT molecular complexity index is 426. The summed E-state index contributed by atoms with van der Waals surface area (Å²) in [4.78, 5) is 0. The molecule has 1 aromatic rings. The minimum Gasteiger partial charge on any atom is -0.493 e. The fraction of sp³-hybridized carbons (Fsp3) is 0.385. The van der Waals surface area contributed by atoms with E-state index >= 15 is 0 Å². The molecule has 2 N–H and O–H groups in total. The van der Waals surface area contributed by atoms with Crippen molar-refractivity contribution in [1.82, 2.24) is 0 Å². The molecule has 1 aromatic carbocycles. The Balaban J connectivity index is 3.20. The third-order valence-corrected chi connectivity index (χ3v) is 2.63. The topological polar surface area (TPSA) is 44.5 Å². The number of ether oxygens (including phenoxy) is 2. The Morgan fingerprint density at radius 1 is 1.29 bits per heavy atom. The van der Waals surface area contributed by atoms with Crippen molar-refractivity contribution in [2.75, 3.05) is 14.2 Å². The predicted octanol–water partition coefficient (Wildman–Crippen LogP) is 3.32. The minimum atomic E-state index is -0.197. The summed E-state index contributed by atoms with van der Waals surface area (Å²) in [6.07, 6.45) is 1.97. The van der Waals surface area contributed by atoms with Gasteiger partial charge in [-0.25, -0.2) is 0 Å². The number of benzene rings is 1. The molecule has 1 rings (SSSR count). The Hall–Kier alpha value is -1.19. The van der Waals surface area contributed by atoms with Crippen molar-refractivity contribution in [3.63, 3.8) is 0 Å². The Morgan fingerprint density at radius 3 is 2.41 bits per heavy atom. The van der Waals surface area contributed by atoms with Gasteiger partial charge in [0.25, 0.3) is 0 Å². The monoisotopic (exact) mass is 255 g/mol. The summed E-state index contributed by atoms with van der Waals surface area (Å²) in [5, 5.41) is 0.499. The van der Waals surface area contributed by atoms with Crippen molar-refractivity contribution in [3.05, 3.63) is 34.4 Å². The van der Waals surface area contributed by atoms with Crippen LogP contribution in [0.2, 0.25) is 5.02 Å². The highest BCUT2D eigenvalue weighted by atomic mass is 35.5. The molecule has 0 amide bonds. The molecular weight excluding hydrogens is 238 g/mol. The molecule has 0 bridgehead atoms. The lowest BCUT2D eigenvalue weighted by atomic mass is 10.0. The van der Waals surface area contributed by atoms with E-state index in [0.717, 1.165) is 11.1 Å². The number of nitrogens with two attached hydrogens (primary N) is 1. The molecule has 4 heteroatoms. The zero-order chi connectivity index (χ0) is 13.0. The lowest BCUT2D eigenvalue weighted by molar-refractivity contribution is 0.354. The molecule has 0 aliphatic carbocycles. The number of hydrogen-bond acceptors (Lipinski definition) is 3. The van der Waals surface area contributed by atoms with Gasteiger partial charge in [0.15, 0.2) is 11.5 Å². The average Bonchev–Trinajstić information content (AvgIpc) is 2.26. The summed E-state index contributed by atoms with van der Waals surface area (Å²) in [7, 11) is 3.13. The fourth-order valence-electron chi connectivity index (χ4n) is 1.59. The van der Waals surface area contributed by atoms with Crippen LogP contribution in [0.3, 0.4) is 0 Å². The van der Waals surface area contributed by atoms with E-state index in [4.69, 9.17) is 26.8 Å². The Labute approximate surface area is 107 Å². The smallest absolute Gasteiger partial charge is 0.179 e. The van der Waals surface area contributed by atoms with Crippen LogP contribution in [0, 0.1) is 0 Å². The SMILES string of the molecule is COc1cc(C(N)C=C(C)C)cc(Cl)c1OC. The lowest BCUT2D eigenvalue weighted by Gasteiger charge is -2.14. The van der Waals surface area contributed by atoms with Crippen molar-refractivity contribution >= 4 is 11.6 Å². The lowest BCUT2D eigenvalue weighted by Crippen LogP contribution is -2.08. The standard InChI is InChI=1S/C13H18ClNO2/c1-8(2)5-11(15)9-6-10(14)13(17-4)12(7-9)16-3/h5-7,11H,15H2,1-4H3. The van der Waals surface area contributed by atoms with E-state index in [1.165, 1.54) is 0 Å². The maximum atomic E-state index is 6.11. The van der Waals surface area contributed by atoms with Gasteiger partial charge in [-0.2, -0.15) is 0 Å². The molecule has 0 saturated heterocycles. The van der Waals surface area contributed by atoms with E-state index in [-0.39, 0.29) is 6.04 Å². The largest absolute Gasteiger partial charge is 0.493 e. The molecule has 17 heavy (non-hydrogen) atoms. The summed E-state index contributed by atoms with van der Waals surface area (Å²) in [5.41, 5.74) is 8.10. The highest BCUT2D eigenvalue weighted by Gasteiger charge is 2.13. The molecule has 1 unspecified atom stereocenters. The van der Waals surface area contributed by atoms with Crippen LogP contribution in [-0.4, -0.2) is 14.2 Å². The number of halogens is 1. The van der Waals surface area contributed by atoms with Gasteiger partial charge < -0.3 is 15.2 Å². The average molecular weight is 256 g/mol. The molecule has 0 aliphatic heterocycles. The number of hydrogen-bond donors (Lipinski definition) is 1. The molecule has 0 aromatic heterocycles. The second-order valence-electron chi connectivity index (χ2n) is 4.01. The zero-order valence-electron chi connectivity index (χ0n) is 10.6. The van der Waals surface area contributed by atoms with Crippen LogP contribution in [0.5, 0.6) is 11.5 Å². The molecule has 0 fully saturated rings. The first-order valence-corrected chi connectivity index (χ1v) is 5.69. The molecule has 0 radical (unpaired) electrons. The van der Waals surface area contributed by atoms with E-state index in [2.05, 4.69) is 0 Å². The van der Waals surface area contributed by atoms with Crippen LogP contribution < -0.4 is 15.2 Å².